The van der Waals surface area contributed by atoms with Gasteiger partial charge in [0.05, 0.1) is 20.8 Å². The van der Waals surface area contributed by atoms with Crippen LogP contribution in [0.1, 0.15) is 27.0 Å². The summed E-state index contributed by atoms with van der Waals surface area (Å²) in [4.78, 5) is 15.0. The van der Waals surface area contributed by atoms with Crippen LogP contribution in [0.3, 0.4) is 0 Å². The molecule has 0 amide bonds. The number of carbonyl (C=O) groups is 1. The van der Waals surface area contributed by atoms with E-state index in [0.29, 0.717) is 35.7 Å². The molecule has 0 heterocycles. The zero-order valence-electron chi connectivity index (χ0n) is 17.8. The van der Waals surface area contributed by atoms with Crippen molar-refractivity contribution >= 4 is 18.2 Å². The Morgan fingerprint density at radius 3 is 1.97 bits per heavy atom. The molecule has 0 aliphatic carbocycles. The number of methoxy groups -OCH3 is 2. The van der Waals surface area contributed by atoms with Gasteiger partial charge >= 0.3 is 0 Å². The number of nitrogens with zero attached hydrogens (tertiary/aromatic N) is 1. The molecule has 3 rings (SSSR count). The Bertz CT molecular complexity index is 961. The molecule has 0 aliphatic rings. The van der Waals surface area contributed by atoms with Gasteiger partial charge in [-0.3, -0.25) is 9.69 Å². The van der Waals surface area contributed by atoms with E-state index in [0.717, 1.165) is 12.1 Å². The quantitative estimate of drug-likeness (QED) is 0.474. The van der Waals surface area contributed by atoms with E-state index in [4.69, 9.17) is 9.47 Å². The van der Waals surface area contributed by atoms with E-state index in [1.807, 2.05) is 42.5 Å². The highest BCUT2D eigenvalue weighted by atomic mass is 35.5. The predicted molar refractivity (Wildman–Crippen MR) is 124 cm³/mol. The fourth-order valence-electron chi connectivity index (χ4n) is 3.36. The van der Waals surface area contributed by atoms with Gasteiger partial charge in [-0.05, 0) is 29.3 Å². The molecule has 0 spiro atoms. The first-order valence-corrected chi connectivity index (χ1v) is 9.87. The lowest BCUT2D eigenvalue weighted by Gasteiger charge is -2.21. The summed E-state index contributed by atoms with van der Waals surface area (Å²) in [5, 5.41) is 9.41. The van der Waals surface area contributed by atoms with Crippen LogP contribution in [0, 0.1) is 0 Å². The van der Waals surface area contributed by atoms with Crippen molar-refractivity contribution < 1.29 is 19.4 Å². The Morgan fingerprint density at radius 1 is 0.806 bits per heavy atom. The molecule has 0 saturated heterocycles. The maximum absolute atomic E-state index is 12.9. The molecule has 0 aliphatic heterocycles. The van der Waals surface area contributed by atoms with Gasteiger partial charge in [-0.25, -0.2) is 0 Å². The fourth-order valence-corrected chi connectivity index (χ4v) is 3.36. The summed E-state index contributed by atoms with van der Waals surface area (Å²) in [7, 11) is 3.12. The van der Waals surface area contributed by atoms with Crippen LogP contribution in [-0.4, -0.2) is 43.2 Å². The highest BCUT2D eigenvalue weighted by Gasteiger charge is 2.13. The average molecular weight is 442 g/mol. The second kappa shape index (κ2) is 12.1. The lowest BCUT2D eigenvalue weighted by molar-refractivity contribution is 0.103. The minimum absolute atomic E-state index is 0. The highest BCUT2D eigenvalue weighted by molar-refractivity contribution is 6.09. The van der Waals surface area contributed by atoms with Gasteiger partial charge < -0.3 is 14.6 Å². The highest BCUT2D eigenvalue weighted by Crippen LogP contribution is 2.28. The Balaban J connectivity index is 0.00000341. The molecule has 0 fully saturated rings. The number of aliphatic hydroxyl groups excluding tert-OH is 1. The molecule has 0 aromatic heterocycles. The molecule has 0 radical (unpaired) electrons. The van der Waals surface area contributed by atoms with Gasteiger partial charge in [0.2, 0.25) is 0 Å². The van der Waals surface area contributed by atoms with E-state index < -0.39 is 0 Å². The Morgan fingerprint density at radius 2 is 1.39 bits per heavy atom. The summed E-state index contributed by atoms with van der Waals surface area (Å²) >= 11 is 0. The minimum Gasteiger partial charge on any atom is -0.493 e. The largest absolute Gasteiger partial charge is 0.493 e. The first-order valence-electron chi connectivity index (χ1n) is 9.87. The van der Waals surface area contributed by atoms with Crippen LogP contribution < -0.4 is 9.47 Å². The van der Waals surface area contributed by atoms with Crippen molar-refractivity contribution in [2.75, 3.05) is 27.4 Å². The van der Waals surface area contributed by atoms with Gasteiger partial charge in [0, 0.05) is 30.8 Å². The molecular formula is C25H28ClNO4. The number of hydrogen-bond donors (Lipinski definition) is 1. The third-order valence-corrected chi connectivity index (χ3v) is 4.93. The van der Waals surface area contributed by atoms with Crippen molar-refractivity contribution in [2.45, 2.75) is 13.1 Å². The number of ether oxygens (including phenoxy) is 2. The Kier molecular flexibility index (Phi) is 9.53. The van der Waals surface area contributed by atoms with E-state index in [2.05, 4.69) is 17.0 Å². The van der Waals surface area contributed by atoms with Crippen LogP contribution in [0.4, 0.5) is 0 Å². The summed E-state index contributed by atoms with van der Waals surface area (Å²) in [5.41, 5.74) is 3.45. The fraction of sp³-hybridized carbons (Fsp3) is 0.240. The molecule has 31 heavy (non-hydrogen) atoms. The molecule has 0 atom stereocenters. The van der Waals surface area contributed by atoms with E-state index in [1.165, 1.54) is 5.56 Å². The van der Waals surface area contributed by atoms with Gasteiger partial charge in [0.1, 0.15) is 0 Å². The zero-order valence-corrected chi connectivity index (χ0v) is 18.6. The standard InChI is InChI=1S/C25H27NO4.ClH/c1-29-23-13-12-22(16-24(23)30-2)25(28)21-10-8-20(9-11-21)18-26(14-15-27)17-19-6-4-3-5-7-19;/h3-13,16,27H,14-15,17-18H2,1-2H3;1H. The Hall–Kier alpha value is -2.86. The van der Waals surface area contributed by atoms with Crippen molar-refractivity contribution in [2.24, 2.45) is 0 Å². The third-order valence-electron chi connectivity index (χ3n) is 4.93. The van der Waals surface area contributed by atoms with E-state index in [9.17, 15) is 9.90 Å². The average Bonchev–Trinajstić information content (AvgIpc) is 2.79. The summed E-state index contributed by atoms with van der Waals surface area (Å²) < 4.78 is 10.5. The maximum Gasteiger partial charge on any atom is 0.193 e. The van der Waals surface area contributed by atoms with Gasteiger partial charge in [0.15, 0.2) is 17.3 Å². The number of aliphatic hydroxyl groups is 1. The first-order chi connectivity index (χ1) is 14.6. The van der Waals surface area contributed by atoms with Crippen LogP contribution in [0.2, 0.25) is 0 Å². The maximum atomic E-state index is 12.9. The monoisotopic (exact) mass is 441 g/mol. The van der Waals surface area contributed by atoms with Crippen LogP contribution >= 0.6 is 12.4 Å². The van der Waals surface area contributed by atoms with E-state index in [1.54, 1.807) is 32.4 Å². The van der Waals surface area contributed by atoms with Gasteiger partial charge in [-0.2, -0.15) is 0 Å². The van der Waals surface area contributed by atoms with Crippen molar-refractivity contribution in [3.8, 4) is 11.5 Å². The number of carbonyl (C=O) groups excluding carboxylic acids is 1. The molecule has 0 bridgehead atoms. The minimum atomic E-state index is -0.0704. The molecule has 164 valence electrons. The summed E-state index contributed by atoms with van der Waals surface area (Å²) in [5.74, 6) is 1.05. The zero-order chi connectivity index (χ0) is 21.3. The van der Waals surface area contributed by atoms with Gasteiger partial charge in [-0.1, -0.05) is 54.6 Å². The normalized spacial score (nSPS) is 10.5. The van der Waals surface area contributed by atoms with E-state index >= 15 is 0 Å². The van der Waals surface area contributed by atoms with Crippen molar-refractivity contribution in [1.29, 1.82) is 0 Å². The Labute approximate surface area is 189 Å². The second-order valence-corrected chi connectivity index (χ2v) is 7.02. The molecule has 0 saturated carbocycles. The van der Waals surface area contributed by atoms with Crippen LogP contribution in [0.5, 0.6) is 11.5 Å². The lowest BCUT2D eigenvalue weighted by atomic mass is 10.0. The number of ketones is 1. The molecule has 3 aromatic carbocycles. The summed E-state index contributed by atoms with van der Waals surface area (Å²) in [6, 6.07) is 22.9. The van der Waals surface area contributed by atoms with E-state index in [-0.39, 0.29) is 24.8 Å². The SMILES string of the molecule is COc1ccc(C(=O)c2ccc(CN(CCO)Cc3ccccc3)cc2)cc1OC.Cl. The lowest BCUT2D eigenvalue weighted by Crippen LogP contribution is -2.26. The molecular weight excluding hydrogens is 414 g/mol. The van der Waals surface area contributed by atoms with Crippen LogP contribution in [-0.2, 0) is 13.1 Å². The molecule has 3 aromatic rings. The van der Waals surface area contributed by atoms with Crippen LogP contribution in [0.15, 0.2) is 72.8 Å². The third kappa shape index (κ3) is 6.56. The predicted octanol–water partition coefficient (Wildman–Crippen LogP) is 4.35. The van der Waals surface area contributed by atoms with Crippen molar-refractivity contribution in [3.63, 3.8) is 0 Å². The molecule has 6 heteroatoms. The number of rotatable bonds is 10. The number of benzene rings is 3. The topological polar surface area (TPSA) is 59.0 Å². The first kappa shape index (κ1) is 24.4. The second-order valence-electron chi connectivity index (χ2n) is 7.02. The smallest absolute Gasteiger partial charge is 0.193 e. The molecule has 5 nitrogen and oxygen atoms in total. The molecule has 0 unspecified atom stereocenters. The van der Waals surface area contributed by atoms with Crippen molar-refractivity contribution in [1.82, 2.24) is 4.90 Å². The number of halogens is 1. The summed E-state index contributed by atoms with van der Waals surface area (Å²) in [6.45, 7) is 2.14. The summed E-state index contributed by atoms with van der Waals surface area (Å²) in [6.07, 6.45) is 0. The van der Waals surface area contributed by atoms with Gasteiger partial charge in [0.25, 0.3) is 0 Å². The van der Waals surface area contributed by atoms with Crippen LogP contribution in [0.25, 0.3) is 0 Å². The van der Waals surface area contributed by atoms with Crippen molar-refractivity contribution in [3.05, 3.63) is 95.1 Å². The van der Waals surface area contributed by atoms with Gasteiger partial charge in [-0.15, -0.1) is 12.4 Å². The molecule has 1 N–H and O–H groups in total. The number of hydrogen-bond acceptors (Lipinski definition) is 5.